The highest BCUT2D eigenvalue weighted by Gasteiger charge is 2.39. The number of amides is 1. The standard InChI is InChI=1S/C15H20N2O3.ClH/c16-15(4-7-20-8-5-15)14(19)17-6-3-11-1-2-13(18)9-12(11)10-17;/h1-2,9,18H,3-8,10,16H2;1H. The van der Waals surface area contributed by atoms with Gasteiger partial charge in [-0.1, -0.05) is 6.07 Å². The fourth-order valence-electron chi connectivity index (χ4n) is 2.98. The number of hydrogen-bond acceptors (Lipinski definition) is 4. The van der Waals surface area contributed by atoms with E-state index in [4.69, 9.17) is 10.5 Å². The molecule has 0 radical (unpaired) electrons. The molecule has 0 spiro atoms. The van der Waals surface area contributed by atoms with Crippen LogP contribution in [0.15, 0.2) is 18.2 Å². The topological polar surface area (TPSA) is 75.8 Å². The van der Waals surface area contributed by atoms with E-state index in [1.54, 1.807) is 12.1 Å². The van der Waals surface area contributed by atoms with Gasteiger partial charge in [0.1, 0.15) is 5.75 Å². The Morgan fingerprint density at radius 2 is 2.00 bits per heavy atom. The van der Waals surface area contributed by atoms with Gasteiger partial charge >= 0.3 is 0 Å². The molecule has 5 nitrogen and oxygen atoms in total. The number of carbonyl (C=O) groups is 1. The van der Waals surface area contributed by atoms with Gasteiger partial charge in [0.15, 0.2) is 0 Å². The number of nitrogens with two attached hydrogens (primary N) is 1. The molecule has 0 aliphatic carbocycles. The molecule has 21 heavy (non-hydrogen) atoms. The summed E-state index contributed by atoms with van der Waals surface area (Å²) < 4.78 is 5.29. The maximum atomic E-state index is 12.7. The number of aromatic hydroxyl groups is 1. The molecule has 3 rings (SSSR count). The number of rotatable bonds is 1. The van der Waals surface area contributed by atoms with Crippen molar-refractivity contribution in [3.63, 3.8) is 0 Å². The van der Waals surface area contributed by atoms with Gasteiger partial charge in [0.25, 0.3) is 0 Å². The summed E-state index contributed by atoms with van der Waals surface area (Å²) in [6.07, 6.45) is 1.97. The van der Waals surface area contributed by atoms with E-state index in [1.807, 2.05) is 11.0 Å². The normalized spacial score (nSPS) is 20.3. The van der Waals surface area contributed by atoms with Crippen molar-refractivity contribution < 1.29 is 14.6 Å². The summed E-state index contributed by atoms with van der Waals surface area (Å²) in [5.41, 5.74) is 7.69. The third kappa shape index (κ3) is 3.15. The molecule has 0 unspecified atom stereocenters. The van der Waals surface area contributed by atoms with E-state index < -0.39 is 5.54 Å². The van der Waals surface area contributed by atoms with Gasteiger partial charge in [-0.25, -0.2) is 0 Å². The van der Waals surface area contributed by atoms with E-state index in [1.165, 1.54) is 5.56 Å². The van der Waals surface area contributed by atoms with E-state index in [-0.39, 0.29) is 24.1 Å². The van der Waals surface area contributed by atoms with Crippen molar-refractivity contribution in [2.75, 3.05) is 19.8 Å². The molecule has 1 saturated heterocycles. The highest BCUT2D eigenvalue weighted by molar-refractivity contribution is 5.86. The number of halogens is 1. The number of ether oxygens (including phenoxy) is 1. The Labute approximate surface area is 130 Å². The Balaban J connectivity index is 0.00000161. The summed E-state index contributed by atoms with van der Waals surface area (Å²) in [6.45, 7) is 2.32. The smallest absolute Gasteiger partial charge is 0.243 e. The van der Waals surface area contributed by atoms with Crippen LogP contribution < -0.4 is 5.73 Å². The van der Waals surface area contributed by atoms with E-state index in [0.29, 0.717) is 39.1 Å². The zero-order chi connectivity index (χ0) is 14.2. The molecule has 116 valence electrons. The van der Waals surface area contributed by atoms with Crippen LogP contribution in [-0.4, -0.2) is 41.2 Å². The monoisotopic (exact) mass is 312 g/mol. The second-order valence-electron chi connectivity index (χ2n) is 5.70. The first-order chi connectivity index (χ1) is 9.58. The maximum Gasteiger partial charge on any atom is 0.243 e. The summed E-state index contributed by atoms with van der Waals surface area (Å²) in [5.74, 6) is 0.251. The molecule has 0 saturated carbocycles. The first-order valence-corrected chi connectivity index (χ1v) is 7.05. The van der Waals surface area contributed by atoms with Crippen molar-refractivity contribution >= 4 is 18.3 Å². The van der Waals surface area contributed by atoms with E-state index in [9.17, 15) is 9.90 Å². The maximum absolute atomic E-state index is 12.7. The second-order valence-corrected chi connectivity index (χ2v) is 5.70. The minimum atomic E-state index is -0.785. The van der Waals surface area contributed by atoms with Gasteiger partial charge in [-0.15, -0.1) is 12.4 Å². The highest BCUT2D eigenvalue weighted by Crippen LogP contribution is 2.27. The van der Waals surface area contributed by atoms with Gasteiger partial charge in [0, 0.05) is 26.3 Å². The lowest BCUT2D eigenvalue weighted by Crippen LogP contribution is -2.58. The number of phenols is 1. The minimum Gasteiger partial charge on any atom is -0.508 e. The fraction of sp³-hybridized carbons (Fsp3) is 0.533. The third-order valence-electron chi connectivity index (χ3n) is 4.30. The predicted molar refractivity (Wildman–Crippen MR) is 81.4 cm³/mol. The van der Waals surface area contributed by atoms with Crippen molar-refractivity contribution in [2.24, 2.45) is 5.73 Å². The van der Waals surface area contributed by atoms with Crippen molar-refractivity contribution in [1.82, 2.24) is 4.90 Å². The third-order valence-corrected chi connectivity index (χ3v) is 4.30. The van der Waals surface area contributed by atoms with E-state index in [2.05, 4.69) is 0 Å². The van der Waals surface area contributed by atoms with Crippen LogP contribution in [0.4, 0.5) is 0 Å². The molecule has 1 aromatic rings. The molecule has 3 N–H and O–H groups in total. The second kappa shape index (κ2) is 6.22. The summed E-state index contributed by atoms with van der Waals surface area (Å²) in [5, 5.41) is 9.57. The Morgan fingerprint density at radius 3 is 2.71 bits per heavy atom. The van der Waals surface area contributed by atoms with Crippen LogP contribution in [0, 0.1) is 0 Å². The van der Waals surface area contributed by atoms with Crippen LogP contribution in [0.25, 0.3) is 0 Å². The first kappa shape index (κ1) is 16.1. The summed E-state index contributed by atoms with van der Waals surface area (Å²) in [4.78, 5) is 14.5. The summed E-state index contributed by atoms with van der Waals surface area (Å²) in [6, 6.07) is 5.36. The number of carbonyl (C=O) groups excluding carboxylic acids is 1. The molecule has 0 atom stereocenters. The van der Waals surface area contributed by atoms with Gasteiger partial charge in [0.05, 0.1) is 5.54 Å². The van der Waals surface area contributed by atoms with Crippen molar-refractivity contribution in [3.8, 4) is 5.75 Å². The molecule has 1 amide bonds. The number of hydrogen-bond donors (Lipinski definition) is 2. The molecule has 1 aromatic carbocycles. The van der Waals surface area contributed by atoms with Crippen molar-refractivity contribution in [1.29, 1.82) is 0 Å². The minimum absolute atomic E-state index is 0. The lowest BCUT2D eigenvalue weighted by molar-refractivity contribution is -0.141. The number of benzene rings is 1. The number of phenolic OH excluding ortho intramolecular Hbond substituents is 1. The average Bonchev–Trinajstić information content (AvgIpc) is 2.46. The molecule has 1 fully saturated rings. The Kier molecular flexibility index (Phi) is 4.76. The molecule has 0 aromatic heterocycles. The van der Waals surface area contributed by atoms with E-state index >= 15 is 0 Å². The van der Waals surface area contributed by atoms with Gasteiger partial charge in [0.2, 0.25) is 5.91 Å². The first-order valence-electron chi connectivity index (χ1n) is 7.05. The van der Waals surface area contributed by atoms with E-state index in [0.717, 1.165) is 12.0 Å². The lowest BCUT2D eigenvalue weighted by atomic mass is 9.88. The zero-order valence-corrected chi connectivity index (χ0v) is 12.7. The van der Waals surface area contributed by atoms with Crippen LogP contribution in [-0.2, 0) is 22.5 Å². The van der Waals surface area contributed by atoms with Crippen LogP contribution >= 0.6 is 12.4 Å². The highest BCUT2D eigenvalue weighted by atomic mass is 35.5. The predicted octanol–water partition coefficient (Wildman–Crippen LogP) is 1.21. The quantitative estimate of drug-likeness (QED) is 0.817. The van der Waals surface area contributed by atoms with Gasteiger partial charge in [-0.05, 0) is 42.5 Å². The summed E-state index contributed by atoms with van der Waals surface area (Å²) in [7, 11) is 0. The van der Waals surface area contributed by atoms with Crippen molar-refractivity contribution in [2.45, 2.75) is 31.3 Å². The molecule has 0 bridgehead atoms. The Hall–Kier alpha value is -1.30. The van der Waals surface area contributed by atoms with Crippen LogP contribution in [0.3, 0.4) is 0 Å². The van der Waals surface area contributed by atoms with Gasteiger partial charge < -0.3 is 20.5 Å². The molecule has 2 aliphatic heterocycles. The molecule has 2 heterocycles. The van der Waals surface area contributed by atoms with Crippen LogP contribution in [0.1, 0.15) is 24.0 Å². The van der Waals surface area contributed by atoms with Crippen LogP contribution in [0.2, 0.25) is 0 Å². The van der Waals surface area contributed by atoms with Crippen molar-refractivity contribution in [3.05, 3.63) is 29.3 Å². The fourth-order valence-corrected chi connectivity index (χ4v) is 2.98. The largest absolute Gasteiger partial charge is 0.508 e. The molecule has 6 heteroatoms. The average molecular weight is 313 g/mol. The lowest BCUT2D eigenvalue weighted by Gasteiger charge is -2.38. The zero-order valence-electron chi connectivity index (χ0n) is 11.9. The Morgan fingerprint density at radius 1 is 1.29 bits per heavy atom. The molecular weight excluding hydrogens is 292 g/mol. The summed E-state index contributed by atoms with van der Waals surface area (Å²) >= 11 is 0. The SMILES string of the molecule is Cl.NC1(C(=O)N2CCc3ccc(O)cc3C2)CCOCC1. The number of fused-ring (bicyclic) bond motifs is 1. The molecule has 2 aliphatic rings. The number of nitrogens with zero attached hydrogens (tertiary/aromatic N) is 1. The van der Waals surface area contributed by atoms with Gasteiger partial charge in [-0.3, -0.25) is 4.79 Å². The molecular formula is C15H21ClN2O3. The van der Waals surface area contributed by atoms with Crippen LogP contribution in [0.5, 0.6) is 5.75 Å². The Bertz CT molecular complexity index is 530. The van der Waals surface area contributed by atoms with Gasteiger partial charge in [-0.2, -0.15) is 0 Å².